The molecule has 0 aliphatic heterocycles. The van der Waals surface area contributed by atoms with Gasteiger partial charge in [0.2, 0.25) is 0 Å². The molecular weight excluding hydrogens is 280 g/mol. The zero-order valence-corrected chi connectivity index (χ0v) is 13.7. The van der Waals surface area contributed by atoms with Crippen molar-refractivity contribution in [2.45, 2.75) is 45.6 Å². The Labute approximate surface area is 132 Å². The molecule has 0 aliphatic carbocycles. The quantitative estimate of drug-likeness (QED) is 0.512. The fraction of sp³-hybridized carbons (Fsp3) is 0.500. The maximum Gasteiger partial charge on any atom is 0.328 e. The molecule has 0 saturated carbocycles. The highest BCUT2D eigenvalue weighted by molar-refractivity contribution is 5.85. The van der Waals surface area contributed by atoms with Crippen molar-refractivity contribution in [2.24, 2.45) is 0 Å². The molecule has 1 aromatic rings. The molecule has 1 N–H and O–H groups in total. The van der Waals surface area contributed by atoms with E-state index >= 15 is 0 Å². The molecule has 0 heterocycles. The van der Waals surface area contributed by atoms with Gasteiger partial charge in [-0.15, -0.1) is 0 Å². The molecule has 0 bridgehead atoms. The number of carbonyl (C=O) groups is 1. The molecule has 122 valence electrons. The predicted octanol–water partition coefficient (Wildman–Crippen LogP) is 4.45. The number of ether oxygens (including phenoxy) is 2. The Hall–Kier alpha value is -1.81. The number of hydrogen-bond donors (Lipinski definition) is 1. The van der Waals surface area contributed by atoms with Gasteiger partial charge in [-0.2, -0.15) is 0 Å². The van der Waals surface area contributed by atoms with E-state index in [2.05, 4.69) is 6.92 Å². The van der Waals surface area contributed by atoms with Gasteiger partial charge >= 0.3 is 5.97 Å². The van der Waals surface area contributed by atoms with Gasteiger partial charge in [-0.3, -0.25) is 0 Å². The first-order chi connectivity index (χ1) is 10.6. The number of rotatable bonds is 10. The van der Waals surface area contributed by atoms with E-state index in [-0.39, 0.29) is 6.10 Å². The minimum Gasteiger partial charge on any atom is -0.497 e. The van der Waals surface area contributed by atoms with E-state index in [9.17, 15) is 4.79 Å². The summed E-state index contributed by atoms with van der Waals surface area (Å²) in [6, 6.07) is 5.65. The molecule has 0 radical (unpaired) electrons. The summed E-state index contributed by atoms with van der Waals surface area (Å²) in [5, 5.41) is 8.84. The van der Waals surface area contributed by atoms with Crippen molar-refractivity contribution in [3.63, 3.8) is 0 Å². The lowest BCUT2D eigenvalue weighted by atomic mass is 9.97. The second-order valence-corrected chi connectivity index (χ2v) is 5.11. The lowest BCUT2D eigenvalue weighted by Gasteiger charge is -2.20. The maximum absolute atomic E-state index is 10.8. The first kappa shape index (κ1) is 18.2. The van der Waals surface area contributed by atoms with Crippen molar-refractivity contribution in [3.8, 4) is 5.75 Å². The summed E-state index contributed by atoms with van der Waals surface area (Å²) in [6.45, 7) is 4.76. The van der Waals surface area contributed by atoms with Gasteiger partial charge in [-0.05, 0) is 42.7 Å². The van der Waals surface area contributed by atoms with Gasteiger partial charge in [0, 0.05) is 12.7 Å². The van der Waals surface area contributed by atoms with Crippen LogP contribution in [0.25, 0.3) is 6.08 Å². The van der Waals surface area contributed by atoms with Crippen LogP contribution in [-0.4, -0.2) is 24.8 Å². The van der Waals surface area contributed by atoms with E-state index in [4.69, 9.17) is 14.6 Å². The van der Waals surface area contributed by atoms with E-state index in [0.717, 1.165) is 48.6 Å². The van der Waals surface area contributed by atoms with Crippen molar-refractivity contribution >= 4 is 12.0 Å². The maximum atomic E-state index is 10.8. The SMILES string of the molecule is CCCCCC(OCC)c1cc(OC)ccc1C=CC(=O)O. The van der Waals surface area contributed by atoms with Crippen LogP contribution in [0.15, 0.2) is 24.3 Å². The summed E-state index contributed by atoms with van der Waals surface area (Å²) < 4.78 is 11.2. The van der Waals surface area contributed by atoms with Gasteiger partial charge in [-0.1, -0.05) is 32.3 Å². The Morgan fingerprint density at radius 1 is 1.32 bits per heavy atom. The normalized spacial score (nSPS) is 12.5. The molecule has 1 unspecified atom stereocenters. The molecule has 1 rings (SSSR count). The van der Waals surface area contributed by atoms with Crippen LogP contribution < -0.4 is 4.74 Å². The Bertz CT molecular complexity index is 494. The molecule has 0 fully saturated rings. The number of hydrogen-bond acceptors (Lipinski definition) is 3. The third-order valence-electron chi connectivity index (χ3n) is 3.48. The summed E-state index contributed by atoms with van der Waals surface area (Å²) in [6.07, 6.45) is 7.04. The van der Waals surface area contributed by atoms with Crippen molar-refractivity contribution in [1.82, 2.24) is 0 Å². The van der Waals surface area contributed by atoms with Gasteiger partial charge in [0.15, 0.2) is 0 Å². The predicted molar refractivity (Wildman–Crippen MR) is 88.2 cm³/mol. The van der Waals surface area contributed by atoms with E-state index in [0.29, 0.717) is 6.61 Å². The van der Waals surface area contributed by atoms with Crippen LogP contribution in [0.1, 0.15) is 56.8 Å². The number of methoxy groups -OCH3 is 1. The molecule has 0 aromatic heterocycles. The topological polar surface area (TPSA) is 55.8 Å². The number of carboxylic acids is 1. The zero-order valence-electron chi connectivity index (χ0n) is 13.7. The van der Waals surface area contributed by atoms with Gasteiger partial charge in [-0.25, -0.2) is 4.79 Å². The molecular formula is C18H26O4. The second kappa shape index (κ2) is 10.0. The molecule has 1 aromatic carbocycles. The third-order valence-corrected chi connectivity index (χ3v) is 3.48. The third kappa shape index (κ3) is 5.90. The van der Waals surface area contributed by atoms with Crippen molar-refractivity contribution < 1.29 is 19.4 Å². The first-order valence-electron chi connectivity index (χ1n) is 7.82. The van der Waals surface area contributed by atoms with Crippen LogP contribution >= 0.6 is 0 Å². The number of benzene rings is 1. The lowest BCUT2D eigenvalue weighted by Crippen LogP contribution is -2.07. The summed E-state index contributed by atoms with van der Waals surface area (Å²) in [5.74, 6) is -0.205. The largest absolute Gasteiger partial charge is 0.497 e. The number of unbranched alkanes of at least 4 members (excludes halogenated alkanes) is 2. The van der Waals surface area contributed by atoms with Crippen LogP contribution in [0.5, 0.6) is 5.75 Å². The summed E-state index contributed by atoms with van der Waals surface area (Å²) >= 11 is 0. The Morgan fingerprint density at radius 2 is 2.09 bits per heavy atom. The minimum atomic E-state index is -0.958. The fourth-order valence-electron chi connectivity index (χ4n) is 2.38. The van der Waals surface area contributed by atoms with Gasteiger partial charge in [0.05, 0.1) is 13.2 Å². The second-order valence-electron chi connectivity index (χ2n) is 5.11. The number of aliphatic carboxylic acids is 1. The summed E-state index contributed by atoms with van der Waals surface area (Å²) in [5.41, 5.74) is 1.84. The first-order valence-corrected chi connectivity index (χ1v) is 7.82. The van der Waals surface area contributed by atoms with Crippen LogP contribution in [0.4, 0.5) is 0 Å². The Morgan fingerprint density at radius 3 is 2.68 bits per heavy atom. The van der Waals surface area contributed by atoms with Crippen LogP contribution in [0, 0.1) is 0 Å². The smallest absolute Gasteiger partial charge is 0.328 e. The minimum absolute atomic E-state index is 0.0416. The highest BCUT2D eigenvalue weighted by atomic mass is 16.5. The highest BCUT2D eigenvalue weighted by Gasteiger charge is 2.15. The van der Waals surface area contributed by atoms with E-state index < -0.39 is 5.97 Å². The summed E-state index contributed by atoms with van der Waals surface area (Å²) in [7, 11) is 1.62. The Balaban J connectivity index is 3.09. The molecule has 4 nitrogen and oxygen atoms in total. The zero-order chi connectivity index (χ0) is 16.4. The van der Waals surface area contributed by atoms with E-state index in [1.54, 1.807) is 13.2 Å². The average Bonchev–Trinajstić information content (AvgIpc) is 2.52. The monoisotopic (exact) mass is 306 g/mol. The van der Waals surface area contributed by atoms with E-state index in [1.165, 1.54) is 0 Å². The highest BCUT2D eigenvalue weighted by Crippen LogP contribution is 2.31. The van der Waals surface area contributed by atoms with Crippen molar-refractivity contribution in [2.75, 3.05) is 13.7 Å². The van der Waals surface area contributed by atoms with Gasteiger partial charge in [0.1, 0.15) is 5.75 Å². The van der Waals surface area contributed by atoms with Gasteiger partial charge in [0.25, 0.3) is 0 Å². The molecule has 0 aliphatic rings. The van der Waals surface area contributed by atoms with Crippen molar-refractivity contribution in [3.05, 3.63) is 35.4 Å². The summed E-state index contributed by atoms with van der Waals surface area (Å²) in [4.78, 5) is 10.8. The number of carboxylic acid groups (broad SMARTS) is 1. The van der Waals surface area contributed by atoms with Crippen LogP contribution in [0.2, 0.25) is 0 Å². The molecule has 22 heavy (non-hydrogen) atoms. The van der Waals surface area contributed by atoms with Crippen molar-refractivity contribution in [1.29, 1.82) is 0 Å². The molecule has 4 heteroatoms. The molecule has 0 saturated heterocycles. The van der Waals surface area contributed by atoms with Gasteiger partial charge < -0.3 is 14.6 Å². The Kier molecular flexibility index (Phi) is 8.30. The molecule has 1 atom stereocenters. The van der Waals surface area contributed by atoms with Crippen LogP contribution in [-0.2, 0) is 9.53 Å². The lowest BCUT2D eigenvalue weighted by molar-refractivity contribution is -0.131. The standard InChI is InChI=1S/C18H26O4/c1-4-6-7-8-17(22-5-2)16-13-15(21-3)11-9-14(16)10-12-18(19)20/h9-13,17H,4-8H2,1-3H3,(H,19,20). The van der Waals surface area contributed by atoms with E-state index in [1.807, 2.05) is 25.1 Å². The molecule has 0 spiro atoms. The average molecular weight is 306 g/mol. The molecule has 0 amide bonds. The van der Waals surface area contributed by atoms with Crippen LogP contribution in [0.3, 0.4) is 0 Å². The fourth-order valence-corrected chi connectivity index (χ4v) is 2.38.